The van der Waals surface area contributed by atoms with E-state index in [1.807, 2.05) is 30.3 Å². The quantitative estimate of drug-likeness (QED) is 0.669. The highest BCUT2D eigenvalue weighted by atomic mass is 16.4. The van der Waals surface area contributed by atoms with Crippen LogP contribution in [0.25, 0.3) is 0 Å². The molecule has 2 aromatic heterocycles. The molecule has 1 aromatic carbocycles. The molecule has 128 valence electrons. The molecule has 0 unspecified atom stereocenters. The molecule has 3 rings (SSSR count). The number of amides is 1. The van der Waals surface area contributed by atoms with E-state index in [0.717, 1.165) is 5.56 Å². The van der Waals surface area contributed by atoms with Crippen LogP contribution in [-0.4, -0.2) is 41.5 Å². The summed E-state index contributed by atoms with van der Waals surface area (Å²) in [6, 6.07) is 9.78. The second-order valence-electron chi connectivity index (χ2n) is 5.34. The molecular formula is C16H16N6O3. The van der Waals surface area contributed by atoms with Gasteiger partial charge >= 0.3 is 5.97 Å². The van der Waals surface area contributed by atoms with Crippen LogP contribution in [0, 0.1) is 0 Å². The van der Waals surface area contributed by atoms with Crippen molar-refractivity contribution in [3.63, 3.8) is 0 Å². The smallest absolute Gasteiger partial charge is 0.305 e. The van der Waals surface area contributed by atoms with Crippen LogP contribution in [0.4, 0.5) is 5.95 Å². The molecule has 0 spiro atoms. The Kier molecular flexibility index (Phi) is 4.84. The van der Waals surface area contributed by atoms with Crippen LogP contribution < -0.4 is 5.32 Å². The molecule has 0 atom stereocenters. The van der Waals surface area contributed by atoms with Crippen molar-refractivity contribution in [1.29, 1.82) is 0 Å². The fourth-order valence-corrected chi connectivity index (χ4v) is 2.19. The summed E-state index contributed by atoms with van der Waals surface area (Å²) in [7, 11) is 0. The molecule has 0 bridgehead atoms. The Balaban J connectivity index is 1.59. The molecular weight excluding hydrogens is 324 g/mol. The van der Waals surface area contributed by atoms with Gasteiger partial charge in [-0.25, -0.2) is 9.67 Å². The summed E-state index contributed by atoms with van der Waals surface area (Å²) in [4.78, 5) is 26.8. The number of rotatable bonds is 7. The van der Waals surface area contributed by atoms with Crippen LogP contribution in [0.15, 0.2) is 49.1 Å². The topological polar surface area (TPSA) is 115 Å². The van der Waals surface area contributed by atoms with Gasteiger partial charge in [0.1, 0.15) is 6.33 Å². The van der Waals surface area contributed by atoms with Gasteiger partial charge < -0.3 is 5.11 Å². The largest absolute Gasteiger partial charge is 0.481 e. The number of carboxylic acids is 1. The summed E-state index contributed by atoms with van der Waals surface area (Å²) in [5, 5.41) is 19.4. The Morgan fingerprint density at radius 2 is 1.96 bits per heavy atom. The maximum absolute atomic E-state index is 12.2. The lowest BCUT2D eigenvalue weighted by atomic mass is 10.2. The van der Waals surface area contributed by atoms with E-state index in [-0.39, 0.29) is 18.9 Å². The van der Waals surface area contributed by atoms with E-state index in [1.54, 1.807) is 11.0 Å². The molecule has 9 nitrogen and oxygen atoms in total. The fourth-order valence-electron chi connectivity index (χ4n) is 2.19. The first-order valence-electron chi connectivity index (χ1n) is 7.59. The highest BCUT2D eigenvalue weighted by Gasteiger charge is 2.12. The maximum atomic E-state index is 12.2. The summed E-state index contributed by atoms with van der Waals surface area (Å²) in [6.45, 7) is 0.753. The molecule has 0 aliphatic carbocycles. The average molecular weight is 340 g/mol. The van der Waals surface area contributed by atoms with Crippen LogP contribution in [0.1, 0.15) is 22.3 Å². The van der Waals surface area contributed by atoms with Gasteiger partial charge in [0.2, 0.25) is 5.95 Å². The van der Waals surface area contributed by atoms with Crippen molar-refractivity contribution in [3.8, 4) is 0 Å². The predicted octanol–water partition coefficient (Wildman–Crippen LogP) is 1.25. The van der Waals surface area contributed by atoms with E-state index in [4.69, 9.17) is 5.11 Å². The maximum Gasteiger partial charge on any atom is 0.305 e. The minimum atomic E-state index is -0.922. The zero-order valence-corrected chi connectivity index (χ0v) is 13.2. The molecule has 0 aliphatic rings. The van der Waals surface area contributed by atoms with Crippen molar-refractivity contribution < 1.29 is 14.7 Å². The van der Waals surface area contributed by atoms with Crippen molar-refractivity contribution in [2.75, 3.05) is 5.32 Å². The van der Waals surface area contributed by atoms with E-state index in [1.165, 1.54) is 17.1 Å². The van der Waals surface area contributed by atoms with E-state index < -0.39 is 11.9 Å². The predicted molar refractivity (Wildman–Crippen MR) is 88.0 cm³/mol. The number of aromatic nitrogens is 5. The lowest BCUT2D eigenvalue weighted by Crippen LogP contribution is -2.13. The van der Waals surface area contributed by atoms with Crippen molar-refractivity contribution >= 4 is 17.8 Å². The molecule has 2 heterocycles. The summed E-state index contributed by atoms with van der Waals surface area (Å²) in [6.07, 6.45) is 4.34. The molecule has 9 heteroatoms. The molecule has 0 radical (unpaired) electrons. The fraction of sp³-hybridized carbons (Fsp3) is 0.188. The molecule has 25 heavy (non-hydrogen) atoms. The monoisotopic (exact) mass is 340 g/mol. The van der Waals surface area contributed by atoms with Crippen molar-refractivity contribution in [3.05, 3.63) is 60.2 Å². The summed E-state index contributed by atoms with van der Waals surface area (Å²) in [5.41, 5.74) is 1.38. The average Bonchev–Trinajstić information content (AvgIpc) is 3.23. The van der Waals surface area contributed by atoms with Crippen molar-refractivity contribution in [2.45, 2.75) is 19.5 Å². The lowest BCUT2D eigenvalue weighted by molar-refractivity contribution is -0.137. The molecule has 1 amide bonds. The number of carbonyl (C=O) groups is 2. The Morgan fingerprint density at radius 1 is 1.16 bits per heavy atom. The van der Waals surface area contributed by atoms with Gasteiger partial charge in [0.15, 0.2) is 0 Å². The highest BCUT2D eigenvalue weighted by Crippen LogP contribution is 2.06. The number of aliphatic carboxylic acids is 1. The Bertz CT molecular complexity index is 871. The number of benzene rings is 1. The minimum Gasteiger partial charge on any atom is -0.481 e. The third kappa shape index (κ3) is 4.50. The zero-order valence-electron chi connectivity index (χ0n) is 13.2. The number of carbonyl (C=O) groups excluding carboxylic acids is 1. The summed E-state index contributed by atoms with van der Waals surface area (Å²) < 4.78 is 3.03. The molecule has 2 N–H and O–H groups in total. The van der Waals surface area contributed by atoms with Gasteiger partial charge in [-0.2, -0.15) is 5.10 Å². The van der Waals surface area contributed by atoms with Gasteiger partial charge in [0.25, 0.3) is 5.91 Å². The first-order chi connectivity index (χ1) is 12.1. The molecule has 0 saturated carbocycles. The molecule has 0 saturated heterocycles. The number of carboxylic acid groups (broad SMARTS) is 1. The Morgan fingerprint density at radius 3 is 2.72 bits per heavy atom. The van der Waals surface area contributed by atoms with Crippen LogP contribution in [0.2, 0.25) is 0 Å². The van der Waals surface area contributed by atoms with Crippen LogP contribution in [0.3, 0.4) is 0 Å². The van der Waals surface area contributed by atoms with Gasteiger partial charge in [-0.15, -0.1) is 5.10 Å². The molecule has 3 aromatic rings. The normalized spacial score (nSPS) is 10.6. The standard InChI is InChI=1S/C16H16N6O3/c23-14(24)6-7-21-10-13(8-18-21)15(25)19-16-17-11-22(20-16)9-12-4-2-1-3-5-12/h1-5,8,10-11H,6-7,9H2,(H,23,24)(H,19,20,25). The number of nitrogens with zero attached hydrogens (tertiary/aromatic N) is 5. The van der Waals surface area contributed by atoms with Crippen LogP contribution in [0.5, 0.6) is 0 Å². The zero-order chi connectivity index (χ0) is 17.6. The van der Waals surface area contributed by atoms with Crippen molar-refractivity contribution in [2.24, 2.45) is 0 Å². The van der Waals surface area contributed by atoms with Crippen LogP contribution >= 0.6 is 0 Å². The molecule has 0 aliphatic heterocycles. The lowest BCUT2D eigenvalue weighted by Gasteiger charge is -2.00. The second kappa shape index (κ2) is 7.39. The first kappa shape index (κ1) is 16.4. The van der Waals surface area contributed by atoms with Gasteiger partial charge in [0, 0.05) is 6.20 Å². The summed E-state index contributed by atoms with van der Waals surface area (Å²) in [5.74, 6) is -1.13. The van der Waals surface area contributed by atoms with Crippen LogP contribution in [-0.2, 0) is 17.9 Å². The van der Waals surface area contributed by atoms with Gasteiger partial charge in [-0.1, -0.05) is 30.3 Å². The first-order valence-corrected chi connectivity index (χ1v) is 7.59. The van der Waals surface area contributed by atoms with Gasteiger partial charge in [-0.3, -0.25) is 19.6 Å². The minimum absolute atomic E-state index is 0.0613. The number of anilines is 1. The van der Waals surface area contributed by atoms with E-state index >= 15 is 0 Å². The second-order valence-corrected chi connectivity index (χ2v) is 5.34. The van der Waals surface area contributed by atoms with E-state index in [0.29, 0.717) is 12.1 Å². The van der Waals surface area contributed by atoms with Gasteiger partial charge in [-0.05, 0) is 5.56 Å². The highest BCUT2D eigenvalue weighted by molar-refractivity contribution is 6.02. The SMILES string of the molecule is O=C(O)CCn1cc(C(=O)Nc2ncn(Cc3ccccc3)n2)cn1. The van der Waals surface area contributed by atoms with Crippen molar-refractivity contribution in [1.82, 2.24) is 24.5 Å². The third-order valence-electron chi connectivity index (χ3n) is 3.40. The summed E-state index contributed by atoms with van der Waals surface area (Å²) >= 11 is 0. The third-order valence-corrected chi connectivity index (χ3v) is 3.40. The number of nitrogens with one attached hydrogen (secondary N) is 1. The molecule has 0 fully saturated rings. The number of aryl methyl sites for hydroxylation is 1. The number of hydrogen-bond acceptors (Lipinski definition) is 5. The van der Waals surface area contributed by atoms with E-state index in [2.05, 4.69) is 20.5 Å². The Hall–Kier alpha value is -3.49. The number of hydrogen-bond donors (Lipinski definition) is 2. The van der Waals surface area contributed by atoms with Gasteiger partial charge in [0.05, 0.1) is 31.3 Å². The van der Waals surface area contributed by atoms with E-state index in [9.17, 15) is 9.59 Å². The Labute approximate surface area is 142 Å².